The second kappa shape index (κ2) is 4.75. The molecule has 18 heavy (non-hydrogen) atoms. The minimum atomic E-state index is 0.332. The van der Waals surface area contributed by atoms with Crippen LogP contribution in [0.2, 0.25) is 0 Å². The molecule has 1 aromatic rings. The molecule has 2 saturated carbocycles. The molecule has 0 amide bonds. The van der Waals surface area contributed by atoms with E-state index in [2.05, 4.69) is 16.7 Å². The molecule has 2 aliphatic carbocycles. The predicted molar refractivity (Wildman–Crippen MR) is 73.1 cm³/mol. The van der Waals surface area contributed by atoms with Gasteiger partial charge in [0.25, 0.3) is 0 Å². The Morgan fingerprint density at radius 1 is 1.28 bits per heavy atom. The fourth-order valence-electron chi connectivity index (χ4n) is 3.56. The number of aryl methyl sites for hydroxylation is 1. The molecule has 2 fully saturated rings. The summed E-state index contributed by atoms with van der Waals surface area (Å²) in [4.78, 5) is 12.5. The van der Waals surface area contributed by atoms with Crippen LogP contribution in [0, 0.1) is 11.8 Å². The molecule has 1 heterocycles. The smallest absolute Gasteiger partial charge is 0.162 e. The van der Waals surface area contributed by atoms with Gasteiger partial charge < -0.3 is 4.57 Å². The number of allylic oxidation sites excluding steroid dienone is 1. The van der Waals surface area contributed by atoms with Crippen molar-refractivity contribution >= 4 is 11.9 Å². The third-order valence-corrected chi connectivity index (χ3v) is 4.65. The van der Waals surface area contributed by atoms with E-state index in [1.54, 1.807) is 0 Å². The zero-order valence-electron chi connectivity index (χ0n) is 11.1. The van der Waals surface area contributed by atoms with Crippen molar-refractivity contribution in [3.05, 3.63) is 29.6 Å². The van der Waals surface area contributed by atoms with Gasteiger partial charge in [-0.15, -0.1) is 0 Å². The van der Waals surface area contributed by atoms with E-state index >= 15 is 0 Å². The highest BCUT2D eigenvalue weighted by Crippen LogP contribution is 2.40. The maximum Gasteiger partial charge on any atom is 0.162 e. The van der Waals surface area contributed by atoms with Crippen LogP contribution in [0.3, 0.4) is 0 Å². The first-order valence-corrected chi connectivity index (χ1v) is 7.12. The van der Waals surface area contributed by atoms with Crippen molar-refractivity contribution in [3.8, 4) is 0 Å². The summed E-state index contributed by atoms with van der Waals surface area (Å²) in [7, 11) is 2.03. The molecule has 1 aromatic heterocycles. The molecular weight excluding hydrogens is 222 g/mol. The van der Waals surface area contributed by atoms with Gasteiger partial charge in [0.05, 0.1) is 0 Å². The highest BCUT2D eigenvalue weighted by Gasteiger charge is 2.36. The van der Waals surface area contributed by atoms with E-state index < -0.39 is 0 Å². The lowest BCUT2D eigenvalue weighted by molar-refractivity contribution is -0.119. The molecule has 0 bridgehead atoms. The topological polar surface area (TPSA) is 22.0 Å². The summed E-state index contributed by atoms with van der Waals surface area (Å²) in [6.45, 7) is 0. The summed E-state index contributed by atoms with van der Waals surface area (Å²) in [5.74, 6) is 1.44. The van der Waals surface area contributed by atoms with Crippen molar-refractivity contribution < 1.29 is 4.79 Å². The highest BCUT2D eigenvalue weighted by molar-refractivity contribution is 6.03. The quantitative estimate of drug-likeness (QED) is 0.728. The Morgan fingerprint density at radius 3 is 2.72 bits per heavy atom. The molecular formula is C16H21NO. The van der Waals surface area contributed by atoms with Crippen molar-refractivity contribution in [1.82, 2.24) is 4.57 Å². The molecule has 0 saturated heterocycles. The van der Waals surface area contributed by atoms with E-state index in [-0.39, 0.29) is 0 Å². The monoisotopic (exact) mass is 243 g/mol. The number of Topliss-reactive ketones (excluding diaryl/α,β-unsaturated/α-hetero) is 1. The maximum absolute atomic E-state index is 12.5. The summed E-state index contributed by atoms with van der Waals surface area (Å²) in [6, 6.07) is 4.10. The van der Waals surface area contributed by atoms with Gasteiger partial charge in [0.15, 0.2) is 5.78 Å². The van der Waals surface area contributed by atoms with Crippen molar-refractivity contribution in [2.75, 3.05) is 0 Å². The van der Waals surface area contributed by atoms with Gasteiger partial charge in [0.2, 0.25) is 0 Å². The molecule has 0 radical (unpaired) electrons. The van der Waals surface area contributed by atoms with Crippen LogP contribution in [0.5, 0.6) is 0 Å². The van der Waals surface area contributed by atoms with Crippen molar-refractivity contribution in [3.63, 3.8) is 0 Å². The molecule has 3 rings (SSSR count). The molecule has 0 unspecified atom stereocenters. The Balaban J connectivity index is 1.78. The van der Waals surface area contributed by atoms with E-state index in [9.17, 15) is 4.79 Å². The zero-order chi connectivity index (χ0) is 12.5. The standard InChI is InChI=1S/C16H21NO/c1-17-10-4-7-14(17)11-13-8-9-15(16(13)18)12-5-2-3-6-12/h4,7,10-12,15H,2-3,5-6,8-9H2,1H3/b13-11-/t15-/m0/s1. The number of nitrogens with zero attached hydrogens (tertiary/aromatic N) is 1. The molecule has 2 heteroatoms. The first kappa shape index (κ1) is 11.8. The maximum atomic E-state index is 12.5. The SMILES string of the molecule is Cn1cccc1/C=C1/CC[C@@H](C2CCCC2)C1=O. The van der Waals surface area contributed by atoms with E-state index in [1.165, 1.54) is 25.7 Å². The Morgan fingerprint density at radius 2 is 2.06 bits per heavy atom. The average molecular weight is 243 g/mol. The molecule has 0 spiro atoms. The van der Waals surface area contributed by atoms with Crippen molar-refractivity contribution in [2.45, 2.75) is 38.5 Å². The molecule has 2 nitrogen and oxygen atoms in total. The molecule has 0 aromatic carbocycles. The Hall–Kier alpha value is -1.31. The van der Waals surface area contributed by atoms with E-state index in [4.69, 9.17) is 0 Å². The third kappa shape index (κ3) is 2.05. The summed E-state index contributed by atoms with van der Waals surface area (Å²) in [6.07, 6.45) is 11.4. The summed E-state index contributed by atoms with van der Waals surface area (Å²) >= 11 is 0. The van der Waals surface area contributed by atoms with E-state index in [0.29, 0.717) is 17.6 Å². The van der Waals surface area contributed by atoms with Gasteiger partial charge in [-0.25, -0.2) is 0 Å². The van der Waals surface area contributed by atoms with Gasteiger partial charge >= 0.3 is 0 Å². The fourth-order valence-corrected chi connectivity index (χ4v) is 3.56. The highest BCUT2D eigenvalue weighted by atomic mass is 16.1. The van der Waals surface area contributed by atoms with Gasteiger partial charge in [-0.3, -0.25) is 4.79 Å². The van der Waals surface area contributed by atoms with Crippen LogP contribution in [0.15, 0.2) is 23.9 Å². The van der Waals surface area contributed by atoms with Crippen LogP contribution in [0.1, 0.15) is 44.2 Å². The fraction of sp³-hybridized carbons (Fsp3) is 0.562. The summed E-state index contributed by atoms with van der Waals surface area (Å²) in [5.41, 5.74) is 2.19. The molecule has 96 valence electrons. The minimum absolute atomic E-state index is 0.332. The van der Waals surface area contributed by atoms with Crippen molar-refractivity contribution in [1.29, 1.82) is 0 Å². The first-order valence-electron chi connectivity index (χ1n) is 7.12. The largest absolute Gasteiger partial charge is 0.351 e. The van der Waals surface area contributed by atoms with Gasteiger partial charge in [-0.1, -0.05) is 12.8 Å². The lowest BCUT2D eigenvalue weighted by atomic mass is 9.88. The Labute approximate surface area is 109 Å². The lowest BCUT2D eigenvalue weighted by Crippen LogP contribution is -2.16. The number of hydrogen-bond donors (Lipinski definition) is 0. The van der Waals surface area contributed by atoms with Crippen LogP contribution in [-0.4, -0.2) is 10.4 Å². The van der Waals surface area contributed by atoms with Crippen LogP contribution < -0.4 is 0 Å². The minimum Gasteiger partial charge on any atom is -0.351 e. The molecule has 1 atom stereocenters. The van der Waals surface area contributed by atoms with Gasteiger partial charge in [0.1, 0.15) is 0 Å². The van der Waals surface area contributed by atoms with Gasteiger partial charge in [0, 0.05) is 24.9 Å². The number of carbonyl (C=O) groups is 1. The van der Waals surface area contributed by atoms with Crippen LogP contribution in [0.25, 0.3) is 6.08 Å². The Bertz CT molecular complexity index is 477. The van der Waals surface area contributed by atoms with E-state index in [1.807, 2.05) is 19.3 Å². The van der Waals surface area contributed by atoms with Gasteiger partial charge in [-0.05, 0) is 55.4 Å². The predicted octanol–water partition coefficient (Wildman–Crippen LogP) is 3.58. The van der Waals surface area contributed by atoms with Crippen molar-refractivity contribution in [2.24, 2.45) is 18.9 Å². The third-order valence-electron chi connectivity index (χ3n) is 4.65. The average Bonchev–Trinajstić information content (AvgIpc) is 3.05. The normalized spacial score (nSPS) is 27.5. The lowest BCUT2D eigenvalue weighted by Gasteiger charge is -2.15. The van der Waals surface area contributed by atoms with E-state index in [0.717, 1.165) is 24.1 Å². The number of aromatic nitrogens is 1. The number of rotatable bonds is 2. The number of carbonyl (C=O) groups excluding carboxylic acids is 1. The van der Waals surface area contributed by atoms with Crippen LogP contribution in [0.4, 0.5) is 0 Å². The molecule has 0 aliphatic heterocycles. The Kier molecular flexibility index (Phi) is 3.11. The summed E-state index contributed by atoms with van der Waals surface area (Å²) in [5, 5.41) is 0. The zero-order valence-corrected chi connectivity index (χ0v) is 11.1. The second-order valence-corrected chi connectivity index (χ2v) is 5.77. The number of hydrogen-bond acceptors (Lipinski definition) is 1. The second-order valence-electron chi connectivity index (χ2n) is 5.77. The molecule has 0 N–H and O–H groups in total. The van der Waals surface area contributed by atoms with Crippen LogP contribution in [-0.2, 0) is 11.8 Å². The molecule has 2 aliphatic rings. The first-order chi connectivity index (χ1) is 8.75. The van der Waals surface area contributed by atoms with Gasteiger partial charge in [-0.2, -0.15) is 0 Å². The van der Waals surface area contributed by atoms with Crippen LogP contribution >= 0.6 is 0 Å². The number of ketones is 1. The summed E-state index contributed by atoms with van der Waals surface area (Å²) < 4.78 is 2.07.